The molecule has 0 aliphatic carbocycles. The first kappa shape index (κ1) is 16.5. The van der Waals surface area contributed by atoms with Crippen LogP contribution in [0.15, 0.2) is 0 Å². The third kappa shape index (κ3) is 3.47. The number of carbonyl (C=O) groups is 2. The zero-order chi connectivity index (χ0) is 15.7. The Morgan fingerprint density at radius 1 is 1.14 bits per heavy atom. The lowest BCUT2D eigenvalue weighted by Gasteiger charge is -2.29. The average Bonchev–Trinajstić information content (AvgIpc) is 2.79. The average molecular weight is 314 g/mol. The van der Waals surface area contributed by atoms with E-state index in [1.54, 1.807) is 4.90 Å². The second-order valence-corrected chi connectivity index (χ2v) is 8.54. The van der Waals surface area contributed by atoms with Crippen LogP contribution in [-0.4, -0.2) is 63.6 Å². The number of amides is 2. The maximum absolute atomic E-state index is 12.6. The SMILES string of the molecule is CCC1(C(=O)O)CCN(C(=O)N2CCSC(C)(C)CC2)C1. The summed E-state index contributed by atoms with van der Waals surface area (Å²) in [6.07, 6.45) is 2.13. The van der Waals surface area contributed by atoms with Crippen LogP contribution < -0.4 is 0 Å². The van der Waals surface area contributed by atoms with Crippen molar-refractivity contribution in [2.75, 3.05) is 31.9 Å². The predicted molar refractivity (Wildman–Crippen MR) is 84.7 cm³/mol. The molecule has 1 atom stereocenters. The Balaban J connectivity index is 2.00. The maximum Gasteiger partial charge on any atom is 0.320 e. The fourth-order valence-corrected chi connectivity index (χ4v) is 4.16. The number of likely N-dealkylation sites (tertiary alicyclic amines) is 1. The molecule has 2 heterocycles. The molecule has 0 aromatic carbocycles. The van der Waals surface area contributed by atoms with Gasteiger partial charge in [-0.2, -0.15) is 11.8 Å². The molecule has 2 rings (SSSR count). The van der Waals surface area contributed by atoms with Crippen LogP contribution in [0.1, 0.15) is 40.0 Å². The molecule has 2 aliphatic rings. The van der Waals surface area contributed by atoms with Crippen molar-refractivity contribution < 1.29 is 14.7 Å². The fourth-order valence-electron chi connectivity index (χ4n) is 3.06. The standard InChI is InChI=1S/C15H26N2O3S/c1-4-15(12(18)19)6-8-17(11-15)13(20)16-7-5-14(2,3)21-10-9-16/h4-11H2,1-3H3,(H,18,19). The molecule has 2 fully saturated rings. The summed E-state index contributed by atoms with van der Waals surface area (Å²) in [6.45, 7) is 8.77. The lowest BCUT2D eigenvalue weighted by molar-refractivity contribution is -0.148. The quantitative estimate of drug-likeness (QED) is 0.851. The maximum atomic E-state index is 12.6. The van der Waals surface area contributed by atoms with Crippen LogP contribution in [0.2, 0.25) is 0 Å². The number of hydrogen-bond acceptors (Lipinski definition) is 3. The Morgan fingerprint density at radius 3 is 2.38 bits per heavy atom. The number of rotatable bonds is 2. The van der Waals surface area contributed by atoms with E-state index in [2.05, 4.69) is 13.8 Å². The summed E-state index contributed by atoms with van der Waals surface area (Å²) in [5.74, 6) is 0.178. The molecule has 5 nitrogen and oxygen atoms in total. The Hall–Kier alpha value is -0.910. The van der Waals surface area contributed by atoms with Crippen LogP contribution >= 0.6 is 11.8 Å². The van der Waals surface area contributed by atoms with Gasteiger partial charge in [-0.15, -0.1) is 0 Å². The summed E-state index contributed by atoms with van der Waals surface area (Å²) >= 11 is 1.91. The van der Waals surface area contributed by atoms with Crippen molar-refractivity contribution in [3.8, 4) is 0 Å². The van der Waals surface area contributed by atoms with E-state index in [0.717, 1.165) is 25.3 Å². The first-order chi connectivity index (χ1) is 9.80. The van der Waals surface area contributed by atoms with E-state index in [4.69, 9.17) is 0 Å². The van der Waals surface area contributed by atoms with Crippen LogP contribution in [0.4, 0.5) is 4.79 Å². The third-order valence-corrected chi connectivity index (χ3v) is 6.24. The van der Waals surface area contributed by atoms with Gasteiger partial charge < -0.3 is 14.9 Å². The highest BCUT2D eigenvalue weighted by atomic mass is 32.2. The molecule has 1 N–H and O–H groups in total. The minimum Gasteiger partial charge on any atom is -0.481 e. The van der Waals surface area contributed by atoms with Gasteiger partial charge in [0.15, 0.2) is 0 Å². The Kier molecular flexibility index (Phi) is 4.76. The fraction of sp³-hybridized carbons (Fsp3) is 0.867. The first-order valence-corrected chi connectivity index (χ1v) is 8.69. The normalized spacial score (nSPS) is 29.3. The lowest BCUT2D eigenvalue weighted by atomic mass is 9.84. The number of carboxylic acids is 1. The molecule has 120 valence electrons. The van der Waals surface area contributed by atoms with Gasteiger partial charge in [-0.3, -0.25) is 4.79 Å². The predicted octanol–water partition coefficient (Wildman–Crippen LogP) is 2.51. The van der Waals surface area contributed by atoms with E-state index in [-0.39, 0.29) is 10.8 Å². The minimum absolute atomic E-state index is 0.0184. The van der Waals surface area contributed by atoms with Crippen molar-refractivity contribution in [1.29, 1.82) is 0 Å². The summed E-state index contributed by atoms with van der Waals surface area (Å²) < 4.78 is 0.217. The minimum atomic E-state index is -0.771. The molecule has 2 saturated heterocycles. The van der Waals surface area contributed by atoms with Crippen molar-refractivity contribution in [2.24, 2.45) is 5.41 Å². The molecular formula is C15H26N2O3S. The van der Waals surface area contributed by atoms with Crippen LogP contribution in [0, 0.1) is 5.41 Å². The molecule has 0 bridgehead atoms. The van der Waals surface area contributed by atoms with Crippen molar-refractivity contribution in [2.45, 2.75) is 44.8 Å². The van der Waals surface area contributed by atoms with Crippen LogP contribution in [-0.2, 0) is 4.79 Å². The monoisotopic (exact) mass is 314 g/mol. The highest BCUT2D eigenvalue weighted by Gasteiger charge is 2.45. The highest BCUT2D eigenvalue weighted by molar-refractivity contribution is 8.00. The molecule has 21 heavy (non-hydrogen) atoms. The van der Waals surface area contributed by atoms with Crippen LogP contribution in [0.5, 0.6) is 0 Å². The number of carboxylic acid groups (broad SMARTS) is 1. The van der Waals surface area contributed by atoms with E-state index >= 15 is 0 Å². The van der Waals surface area contributed by atoms with E-state index in [9.17, 15) is 14.7 Å². The van der Waals surface area contributed by atoms with Crippen LogP contribution in [0.25, 0.3) is 0 Å². The summed E-state index contributed by atoms with van der Waals surface area (Å²) in [6, 6.07) is 0.0184. The zero-order valence-electron chi connectivity index (χ0n) is 13.2. The molecule has 2 aliphatic heterocycles. The number of hydrogen-bond donors (Lipinski definition) is 1. The summed E-state index contributed by atoms with van der Waals surface area (Å²) in [5, 5.41) is 9.43. The zero-order valence-corrected chi connectivity index (χ0v) is 14.0. The topological polar surface area (TPSA) is 60.9 Å². The van der Waals surface area contributed by atoms with Gasteiger partial charge in [-0.05, 0) is 19.3 Å². The molecule has 0 aromatic heterocycles. The van der Waals surface area contributed by atoms with Crippen molar-refractivity contribution in [3.05, 3.63) is 0 Å². The Bertz CT molecular complexity index is 427. The number of nitrogens with zero attached hydrogens (tertiary/aromatic N) is 2. The highest BCUT2D eigenvalue weighted by Crippen LogP contribution is 2.35. The van der Waals surface area contributed by atoms with E-state index in [0.29, 0.717) is 25.9 Å². The molecule has 0 spiro atoms. The van der Waals surface area contributed by atoms with E-state index < -0.39 is 11.4 Å². The van der Waals surface area contributed by atoms with Crippen molar-refractivity contribution >= 4 is 23.8 Å². The number of thioether (sulfide) groups is 1. The van der Waals surface area contributed by atoms with Crippen molar-refractivity contribution in [1.82, 2.24) is 9.80 Å². The van der Waals surface area contributed by atoms with Gasteiger partial charge in [0, 0.05) is 36.7 Å². The Labute approximate surface area is 131 Å². The second-order valence-electron chi connectivity index (χ2n) is 6.74. The molecule has 6 heteroatoms. The van der Waals surface area contributed by atoms with Gasteiger partial charge in [0.1, 0.15) is 0 Å². The second kappa shape index (κ2) is 6.07. The van der Waals surface area contributed by atoms with Gasteiger partial charge in [0.2, 0.25) is 0 Å². The first-order valence-electron chi connectivity index (χ1n) is 7.71. The number of urea groups is 1. The molecule has 0 radical (unpaired) electrons. The molecule has 0 aromatic rings. The summed E-state index contributed by atoms with van der Waals surface area (Å²) in [4.78, 5) is 27.8. The largest absolute Gasteiger partial charge is 0.481 e. The van der Waals surface area contributed by atoms with Crippen LogP contribution in [0.3, 0.4) is 0 Å². The Morgan fingerprint density at radius 2 is 1.81 bits per heavy atom. The van der Waals surface area contributed by atoms with Gasteiger partial charge in [0.05, 0.1) is 5.41 Å². The van der Waals surface area contributed by atoms with Gasteiger partial charge in [-0.25, -0.2) is 4.79 Å². The molecule has 1 unspecified atom stereocenters. The molecule has 2 amide bonds. The number of carbonyl (C=O) groups excluding carboxylic acids is 1. The van der Waals surface area contributed by atoms with Gasteiger partial charge in [0.25, 0.3) is 0 Å². The van der Waals surface area contributed by atoms with E-state index in [1.165, 1.54) is 0 Å². The molecular weight excluding hydrogens is 288 g/mol. The third-order valence-electron chi connectivity index (χ3n) is 4.86. The molecule has 0 saturated carbocycles. The van der Waals surface area contributed by atoms with Crippen molar-refractivity contribution in [3.63, 3.8) is 0 Å². The smallest absolute Gasteiger partial charge is 0.320 e. The van der Waals surface area contributed by atoms with Gasteiger partial charge in [-0.1, -0.05) is 20.8 Å². The van der Waals surface area contributed by atoms with Gasteiger partial charge >= 0.3 is 12.0 Å². The summed E-state index contributed by atoms with van der Waals surface area (Å²) in [5.41, 5.74) is -0.741. The summed E-state index contributed by atoms with van der Waals surface area (Å²) in [7, 11) is 0. The van der Waals surface area contributed by atoms with E-state index in [1.807, 2.05) is 23.6 Å². The lowest BCUT2D eigenvalue weighted by Crippen LogP contribution is -2.45. The number of aliphatic carboxylic acids is 1.